The molecule has 0 aliphatic carbocycles. The van der Waals surface area contributed by atoms with Crippen molar-refractivity contribution in [2.45, 2.75) is 45.9 Å². The van der Waals surface area contributed by atoms with Crippen LogP contribution in [0.15, 0.2) is 18.5 Å². The number of nitrogens with zero attached hydrogens (tertiary/aromatic N) is 1. The summed E-state index contributed by atoms with van der Waals surface area (Å²) in [5, 5.41) is 3.45. The van der Waals surface area contributed by atoms with Crippen molar-refractivity contribution in [1.82, 2.24) is 10.3 Å². The van der Waals surface area contributed by atoms with Gasteiger partial charge < -0.3 is 10.1 Å². The summed E-state index contributed by atoms with van der Waals surface area (Å²) in [6.07, 6.45) is 4.49. The fourth-order valence-corrected chi connectivity index (χ4v) is 3.20. The van der Waals surface area contributed by atoms with Gasteiger partial charge in [-0.3, -0.25) is 4.98 Å². The van der Waals surface area contributed by atoms with Gasteiger partial charge in [-0.1, -0.05) is 13.0 Å². The zero-order chi connectivity index (χ0) is 13.3. The van der Waals surface area contributed by atoms with E-state index >= 15 is 0 Å². The molecule has 1 aromatic rings. The lowest BCUT2D eigenvalue weighted by molar-refractivity contribution is 0.0478. The van der Waals surface area contributed by atoms with Crippen molar-refractivity contribution in [3.8, 4) is 0 Å². The van der Waals surface area contributed by atoms with E-state index in [4.69, 9.17) is 4.74 Å². The Hall–Kier alpha value is -0.930. The van der Waals surface area contributed by atoms with Crippen LogP contribution in [-0.4, -0.2) is 24.2 Å². The van der Waals surface area contributed by atoms with Gasteiger partial charge in [-0.15, -0.1) is 0 Å². The van der Waals surface area contributed by atoms with Crippen LogP contribution in [-0.2, 0) is 4.74 Å². The fraction of sp³-hybridized carbons (Fsp3) is 0.667. The van der Waals surface area contributed by atoms with Gasteiger partial charge in [0, 0.05) is 24.4 Å². The first-order chi connectivity index (χ1) is 8.54. The van der Waals surface area contributed by atoms with E-state index in [1.54, 1.807) is 0 Å². The van der Waals surface area contributed by atoms with Crippen LogP contribution in [0.5, 0.6) is 0 Å². The summed E-state index contributed by atoms with van der Waals surface area (Å²) in [6.45, 7) is 8.72. The van der Waals surface area contributed by atoms with Crippen molar-refractivity contribution in [2.75, 3.05) is 7.05 Å². The lowest BCUT2D eigenvalue weighted by Gasteiger charge is -2.29. The van der Waals surface area contributed by atoms with Gasteiger partial charge in [0.15, 0.2) is 0 Å². The zero-order valence-electron chi connectivity index (χ0n) is 12.0. The van der Waals surface area contributed by atoms with Gasteiger partial charge in [0.05, 0.1) is 12.2 Å². The van der Waals surface area contributed by atoms with Crippen molar-refractivity contribution in [2.24, 2.45) is 11.8 Å². The molecule has 3 heteroatoms. The Balaban J connectivity index is 2.28. The second-order valence-electron chi connectivity index (χ2n) is 5.54. The predicted molar refractivity (Wildman–Crippen MR) is 73.4 cm³/mol. The van der Waals surface area contributed by atoms with Gasteiger partial charge in [-0.25, -0.2) is 0 Å². The highest BCUT2D eigenvalue weighted by Crippen LogP contribution is 2.40. The second-order valence-corrected chi connectivity index (χ2v) is 5.54. The summed E-state index contributed by atoms with van der Waals surface area (Å²) in [7, 11) is 2.02. The summed E-state index contributed by atoms with van der Waals surface area (Å²) in [4.78, 5) is 4.31. The van der Waals surface area contributed by atoms with Gasteiger partial charge in [0.2, 0.25) is 0 Å². The highest BCUT2D eigenvalue weighted by atomic mass is 16.5. The molecular weight excluding hydrogens is 224 g/mol. The standard InChI is InChI=1S/C15H24N2O/c1-9-6-13(8-17-7-9)15(16-5)14-10(2)11(3)18-12(14)4/h6-8,10-12,14-16H,1-5H3. The molecule has 0 saturated carbocycles. The molecular formula is C15H24N2O. The first-order valence-electron chi connectivity index (χ1n) is 6.79. The highest BCUT2D eigenvalue weighted by Gasteiger charge is 2.41. The molecule has 1 saturated heterocycles. The lowest BCUT2D eigenvalue weighted by atomic mass is 9.81. The Labute approximate surface area is 110 Å². The molecule has 0 radical (unpaired) electrons. The number of ether oxygens (including phenoxy) is 1. The Morgan fingerprint density at radius 3 is 2.44 bits per heavy atom. The smallest absolute Gasteiger partial charge is 0.0600 e. The SMILES string of the molecule is CNC(c1cncc(C)c1)C1C(C)OC(C)C1C. The fourth-order valence-electron chi connectivity index (χ4n) is 3.20. The Kier molecular flexibility index (Phi) is 4.03. The van der Waals surface area contributed by atoms with E-state index in [0.29, 0.717) is 24.0 Å². The average molecular weight is 248 g/mol. The normalized spacial score (nSPS) is 33.6. The summed E-state index contributed by atoms with van der Waals surface area (Å²) in [6, 6.07) is 2.53. The molecule has 18 heavy (non-hydrogen) atoms. The third kappa shape index (κ3) is 2.43. The molecule has 1 fully saturated rings. The molecule has 5 unspecified atom stereocenters. The van der Waals surface area contributed by atoms with Crippen LogP contribution in [0.3, 0.4) is 0 Å². The number of nitrogens with one attached hydrogen (secondary N) is 1. The zero-order valence-corrected chi connectivity index (χ0v) is 12.0. The monoisotopic (exact) mass is 248 g/mol. The van der Waals surface area contributed by atoms with E-state index in [1.807, 2.05) is 19.4 Å². The summed E-state index contributed by atoms with van der Waals surface area (Å²) in [5.41, 5.74) is 2.47. The number of aromatic nitrogens is 1. The summed E-state index contributed by atoms with van der Waals surface area (Å²) in [5.74, 6) is 1.05. The van der Waals surface area contributed by atoms with Crippen LogP contribution >= 0.6 is 0 Å². The molecule has 1 aromatic heterocycles. The van der Waals surface area contributed by atoms with Crippen LogP contribution < -0.4 is 5.32 Å². The lowest BCUT2D eigenvalue weighted by Crippen LogP contribution is -2.33. The van der Waals surface area contributed by atoms with E-state index in [1.165, 1.54) is 11.1 Å². The molecule has 1 aliphatic heterocycles. The number of aryl methyl sites for hydroxylation is 1. The van der Waals surface area contributed by atoms with E-state index in [2.05, 4.69) is 44.1 Å². The van der Waals surface area contributed by atoms with Crippen molar-refractivity contribution < 1.29 is 4.74 Å². The number of hydrogen-bond acceptors (Lipinski definition) is 3. The molecule has 2 rings (SSSR count). The summed E-state index contributed by atoms with van der Waals surface area (Å²) >= 11 is 0. The van der Waals surface area contributed by atoms with Crippen molar-refractivity contribution in [1.29, 1.82) is 0 Å². The molecule has 0 amide bonds. The molecule has 1 N–H and O–H groups in total. The van der Waals surface area contributed by atoms with Crippen molar-refractivity contribution in [3.63, 3.8) is 0 Å². The Morgan fingerprint density at radius 1 is 1.22 bits per heavy atom. The molecule has 2 heterocycles. The van der Waals surface area contributed by atoms with Crippen molar-refractivity contribution in [3.05, 3.63) is 29.6 Å². The topological polar surface area (TPSA) is 34.2 Å². The number of rotatable bonds is 3. The van der Waals surface area contributed by atoms with Gasteiger partial charge in [0.25, 0.3) is 0 Å². The third-order valence-electron chi connectivity index (χ3n) is 4.27. The minimum Gasteiger partial charge on any atom is -0.375 e. The van der Waals surface area contributed by atoms with E-state index in [9.17, 15) is 0 Å². The molecule has 0 bridgehead atoms. The first-order valence-corrected chi connectivity index (χ1v) is 6.79. The van der Waals surface area contributed by atoms with Gasteiger partial charge in [-0.2, -0.15) is 0 Å². The number of hydrogen-bond donors (Lipinski definition) is 1. The minimum absolute atomic E-state index is 0.285. The first kappa shape index (κ1) is 13.5. The molecule has 0 aromatic carbocycles. The number of pyridine rings is 1. The average Bonchev–Trinajstić information content (AvgIpc) is 2.57. The van der Waals surface area contributed by atoms with Gasteiger partial charge >= 0.3 is 0 Å². The largest absolute Gasteiger partial charge is 0.375 e. The Morgan fingerprint density at radius 2 is 1.94 bits per heavy atom. The van der Waals surface area contributed by atoms with Gasteiger partial charge in [0.1, 0.15) is 0 Å². The molecule has 100 valence electrons. The molecule has 1 aliphatic rings. The van der Waals surface area contributed by atoms with Crippen LogP contribution in [0.1, 0.15) is 37.9 Å². The van der Waals surface area contributed by atoms with Crippen LogP contribution in [0.4, 0.5) is 0 Å². The third-order valence-corrected chi connectivity index (χ3v) is 4.27. The van der Waals surface area contributed by atoms with E-state index in [0.717, 1.165) is 0 Å². The van der Waals surface area contributed by atoms with E-state index < -0.39 is 0 Å². The molecule has 3 nitrogen and oxygen atoms in total. The van der Waals surface area contributed by atoms with Crippen LogP contribution in [0.25, 0.3) is 0 Å². The maximum atomic E-state index is 5.96. The molecule has 0 spiro atoms. The van der Waals surface area contributed by atoms with E-state index in [-0.39, 0.29) is 6.10 Å². The predicted octanol–water partition coefficient (Wildman–Crippen LogP) is 2.71. The maximum absolute atomic E-state index is 5.96. The minimum atomic E-state index is 0.285. The Bertz CT molecular complexity index is 407. The van der Waals surface area contributed by atoms with Crippen molar-refractivity contribution >= 4 is 0 Å². The van der Waals surface area contributed by atoms with Crippen LogP contribution in [0, 0.1) is 18.8 Å². The summed E-state index contributed by atoms with van der Waals surface area (Å²) < 4.78 is 5.96. The second kappa shape index (κ2) is 5.37. The highest BCUT2D eigenvalue weighted by molar-refractivity contribution is 5.22. The quantitative estimate of drug-likeness (QED) is 0.893. The maximum Gasteiger partial charge on any atom is 0.0600 e. The molecule has 5 atom stereocenters. The van der Waals surface area contributed by atoms with Crippen LogP contribution in [0.2, 0.25) is 0 Å². The van der Waals surface area contributed by atoms with Gasteiger partial charge in [-0.05, 0) is 44.9 Å².